The van der Waals surface area contributed by atoms with Crippen molar-refractivity contribution in [2.24, 2.45) is 0 Å². The van der Waals surface area contributed by atoms with Crippen LogP contribution in [0.25, 0.3) is 0 Å². The average Bonchev–Trinajstić information content (AvgIpc) is 2.90. The van der Waals surface area contributed by atoms with Crippen LogP contribution >= 0.6 is 27.3 Å². The van der Waals surface area contributed by atoms with E-state index in [1.165, 1.54) is 40.8 Å². The molecule has 0 saturated carbocycles. The van der Waals surface area contributed by atoms with Crippen LogP contribution in [0, 0.1) is 6.92 Å². The molecule has 1 aromatic carbocycles. The van der Waals surface area contributed by atoms with Gasteiger partial charge < -0.3 is 0 Å². The number of aryl methyl sites for hydroxylation is 4. The zero-order valence-corrected chi connectivity index (χ0v) is 14.6. The maximum absolute atomic E-state index is 12.4. The lowest BCUT2D eigenvalue weighted by Gasteiger charge is -2.08. The van der Waals surface area contributed by atoms with Crippen molar-refractivity contribution in [2.45, 2.75) is 45.4 Å². The summed E-state index contributed by atoms with van der Waals surface area (Å²) in [5.41, 5.74) is 3.95. The summed E-state index contributed by atoms with van der Waals surface area (Å²) in [5, 5.41) is 0. The minimum Gasteiger partial charge on any atom is -0.293 e. The van der Waals surface area contributed by atoms with Crippen molar-refractivity contribution in [2.75, 3.05) is 0 Å². The molecule has 1 aliphatic rings. The summed E-state index contributed by atoms with van der Waals surface area (Å²) in [4.78, 5) is 14.8. The molecule has 0 amide bonds. The lowest BCUT2D eigenvalue weighted by Crippen LogP contribution is -2.00. The molecule has 0 bridgehead atoms. The molecule has 0 atom stereocenters. The van der Waals surface area contributed by atoms with Crippen LogP contribution in [0.4, 0.5) is 0 Å². The number of fused-ring (bicyclic) bond motifs is 1. The molecule has 110 valence electrons. The zero-order chi connectivity index (χ0) is 14.8. The molecule has 0 aliphatic heterocycles. The quantitative estimate of drug-likeness (QED) is 0.655. The van der Waals surface area contributed by atoms with Gasteiger partial charge in [0, 0.05) is 15.8 Å². The van der Waals surface area contributed by atoms with Gasteiger partial charge in [-0.15, -0.1) is 11.3 Å². The Balaban J connectivity index is 1.67. The van der Waals surface area contributed by atoms with Gasteiger partial charge in [-0.2, -0.15) is 0 Å². The van der Waals surface area contributed by atoms with Gasteiger partial charge >= 0.3 is 0 Å². The van der Waals surface area contributed by atoms with Gasteiger partial charge in [0.05, 0.1) is 4.88 Å². The van der Waals surface area contributed by atoms with Gasteiger partial charge in [0.1, 0.15) is 0 Å². The lowest BCUT2D eigenvalue weighted by molar-refractivity contribution is 0.0986. The first-order valence-corrected chi connectivity index (χ1v) is 9.14. The van der Waals surface area contributed by atoms with Crippen LogP contribution in [-0.2, 0) is 19.3 Å². The monoisotopic (exact) mass is 362 g/mol. The fourth-order valence-corrected chi connectivity index (χ4v) is 4.64. The van der Waals surface area contributed by atoms with E-state index < -0.39 is 0 Å². The molecule has 0 spiro atoms. The molecule has 0 fully saturated rings. The highest BCUT2D eigenvalue weighted by Gasteiger charge is 2.17. The Bertz CT molecular complexity index is 648. The lowest BCUT2D eigenvalue weighted by atomic mass is 9.98. The summed E-state index contributed by atoms with van der Waals surface area (Å²) in [7, 11) is 0. The molecule has 21 heavy (non-hydrogen) atoms. The van der Waals surface area contributed by atoms with E-state index in [0.717, 1.165) is 22.2 Å². The number of rotatable bonds is 4. The van der Waals surface area contributed by atoms with E-state index in [-0.39, 0.29) is 0 Å². The summed E-state index contributed by atoms with van der Waals surface area (Å²) in [6, 6.07) is 8.43. The van der Waals surface area contributed by atoms with Gasteiger partial charge in [-0.05, 0) is 73.9 Å². The van der Waals surface area contributed by atoms with E-state index >= 15 is 0 Å². The third-order valence-electron chi connectivity index (χ3n) is 4.20. The first kappa shape index (κ1) is 15.0. The fourth-order valence-electron chi connectivity index (χ4n) is 2.94. The van der Waals surface area contributed by atoms with Crippen LogP contribution in [0.5, 0.6) is 0 Å². The molecule has 1 aromatic heterocycles. The van der Waals surface area contributed by atoms with E-state index in [1.807, 2.05) is 0 Å². The topological polar surface area (TPSA) is 17.1 Å². The highest BCUT2D eigenvalue weighted by atomic mass is 79.9. The Morgan fingerprint density at radius 1 is 1.24 bits per heavy atom. The van der Waals surface area contributed by atoms with Crippen LogP contribution in [0.2, 0.25) is 0 Å². The highest BCUT2D eigenvalue weighted by Crippen LogP contribution is 2.30. The molecule has 3 rings (SSSR count). The molecular weight excluding hydrogens is 344 g/mol. The molecule has 1 nitrogen and oxygen atoms in total. The summed E-state index contributed by atoms with van der Waals surface area (Å²) in [6.45, 7) is 2.11. The van der Waals surface area contributed by atoms with Crippen LogP contribution in [0.15, 0.2) is 28.7 Å². The molecular formula is C18H19BrOS. The van der Waals surface area contributed by atoms with E-state index in [1.54, 1.807) is 11.3 Å². The molecule has 1 heterocycles. The van der Waals surface area contributed by atoms with Crippen LogP contribution in [0.3, 0.4) is 0 Å². The number of carbonyl (C=O) groups excluding carboxylic acids is 1. The smallest absolute Gasteiger partial charge is 0.173 e. The first-order valence-electron chi connectivity index (χ1n) is 7.53. The second-order valence-electron chi connectivity index (χ2n) is 5.76. The Labute approximate surface area is 138 Å². The predicted octanol–water partition coefficient (Wildman–Crippen LogP) is 5.51. The molecule has 0 N–H and O–H groups in total. The Hall–Kier alpha value is -0.930. The van der Waals surface area contributed by atoms with Crippen LogP contribution < -0.4 is 0 Å². The Morgan fingerprint density at radius 3 is 2.81 bits per heavy atom. The molecule has 3 heteroatoms. The highest BCUT2D eigenvalue weighted by molar-refractivity contribution is 9.10. The van der Waals surface area contributed by atoms with Crippen molar-refractivity contribution in [3.8, 4) is 0 Å². The van der Waals surface area contributed by atoms with Gasteiger partial charge in [-0.1, -0.05) is 22.0 Å². The Morgan fingerprint density at radius 2 is 2.05 bits per heavy atom. The SMILES string of the molecule is Cc1cc(Br)ccc1CCC(=O)c1cc2c(s1)CCCC2. The van der Waals surface area contributed by atoms with Crippen molar-refractivity contribution in [3.63, 3.8) is 0 Å². The van der Waals surface area contributed by atoms with Gasteiger partial charge in [0.2, 0.25) is 0 Å². The molecule has 0 saturated heterocycles. The summed E-state index contributed by atoms with van der Waals surface area (Å²) in [6.07, 6.45) is 6.32. The minimum atomic E-state index is 0.303. The van der Waals surface area contributed by atoms with E-state index in [9.17, 15) is 4.79 Å². The number of carbonyl (C=O) groups is 1. The number of hydrogen-bond donors (Lipinski definition) is 0. The van der Waals surface area contributed by atoms with Crippen molar-refractivity contribution in [1.82, 2.24) is 0 Å². The second-order valence-corrected chi connectivity index (χ2v) is 7.81. The summed E-state index contributed by atoms with van der Waals surface area (Å²) >= 11 is 5.21. The number of halogens is 1. The number of hydrogen-bond acceptors (Lipinski definition) is 2. The van der Waals surface area contributed by atoms with E-state index in [4.69, 9.17) is 0 Å². The van der Waals surface area contributed by atoms with Crippen LogP contribution in [-0.4, -0.2) is 5.78 Å². The standard InChI is InChI=1S/C18H19BrOS/c1-12-10-15(19)8-6-13(12)7-9-16(20)18-11-14-4-2-3-5-17(14)21-18/h6,8,10-11H,2-5,7,9H2,1H3. The molecule has 2 aromatic rings. The Kier molecular flexibility index (Phi) is 4.60. The maximum atomic E-state index is 12.4. The fraction of sp³-hybridized carbons (Fsp3) is 0.389. The summed E-state index contributed by atoms with van der Waals surface area (Å²) < 4.78 is 1.10. The van der Waals surface area contributed by atoms with E-state index in [0.29, 0.717) is 12.2 Å². The number of Topliss-reactive ketones (excluding diaryl/α,β-unsaturated/α-hetero) is 1. The minimum absolute atomic E-state index is 0.303. The van der Waals surface area contributed by atoms with Crippen molar-refractivity contribution < 1.29 is 4.79 Å². The van der Waals surface area contributed by atoms with Crippen molar-refractivity contribution >= 4 is 33.0 Å². The van der Waals surface area contributed by atoms with Crippen molar-refractivity contribution in [3.05, 3.63) is 55.2 Å². The number of ketones is 1. The summed E-state index contributed by atoms with van der Waals surface area (Å²) in [5.74, 6) is 0.303. The maximum Gasteiger partial charge on any atom is 0.173 e. The second kappa shape index (κ2) is 6.45. The molecule has 1 aliphatic carbocycles. The first-order chi connectivity index (χ1) is 10.1. The number of thiophene rings is 1. The average molecular weight is 363 g/mol. The predicted molar refractivity (Wildman–Crippen MR) is 92.5 cm³/mol. The normalized spacial score (nSPS) is 14.0. The third kappa shape index (κ3) is 3.46. The van der Waals surface area contributed by atoms with E-state index in [2.05, 4.69) is 47.1 Å². The number of benzene rings is 1. The zero-order valence-electron chi connectivity index (χ0n) is 12.2. The van der Waals surface area contributed by atoms with Crippen molar-refractivity contribution in [1.29, 1.82) is 0 Å². The third-order valence-corrected chi connectivity index (χ3v) is 5.97. The van der Waals surface area contributed by atoms with Crippen LogP contribution in [0.1, 0.15) is 50.5 Å². The van der Waals surface area contributed by atoms with Gasteiger partial charge in [0.25, 0.3) is 0 Å². The molecule has 0 radical (unpaired) electrons. The van der Waals surface area contributed by atoms with Gasteiger partial charge in [-0.25, -0.2) is 0 Å². The van der Waals surface area contributed by atoms with Gasteiger partial charge in [0.15, 0.2) is 5.78 Å². The molecule has 0 unspecified atom stereocenters. The largest absolute Gasteiger partial charge is 0.293 e. The van der Waals surface area contributed by atoms with Gasteiger partial charge in [-0.3, -0.25) is 4.79 Å².